The number of anilines is 1. The molecule has 1 aliphatic heterocycles. The van der Waals surface area contributed by atoms with Crippen LogP contribution in [-0.2, 0) is 6.42 Å². The number of aliphatic imine (C=N–C) groups is 1. The smallest absolute Gasteiger partial charge is 0.193 e. The Kier molecular flexibility index (Phi) is 8.57. The number of hydrogen-bond donors (Lipinski definition) is 2. The van der Waals surface area contributed by atoms with Crippen molar-refractivity contribution in [3.05, 3.63) is 41.3 Å². The molecule has 2 fully saturated rings. The molecule has 7 nitrogen and oxygen atoms in total. The van der Waals surface area contributed by atoms with Gasteiger partial charge in [-0.15, -0.1) is 24.0 Å². The quantitative estimate of drug-likeness (QED) is 0.245. The van der Waals surface area contributed by atoms with E-state index >= 15 is 0 Å². The van der Waals surface area contributed by atoms with Crippen LogP contribution in [0.15, 0.2) is 29.3 Å². The zero-order valence-corrected chi connectivity index (χ0v) is 21.5. The molecule has 9 heteroatoms. The first-order chi connectivity index (χ1) is 15.5. The summed E-state index contributed by atoms with van der Waals surface area (Å²) in [5, 5.41) is 17.6. The number of nitrogens with zero attached hydrogens (tertiary/aromatic N) is 5. The molecule has 1 spiro atoms. The van der Waals surface area contributed by atoms with E-state index in [4.69, 9.17) is 5.73 Å². The number of likely N-dealkylation sites (tertiary alicyclic amines) is 1. The van der Waals surface area contributed by atoms with E-state index in [0.29, 0.717) is 28.8 Å². The number of hydrogen-bond acceptors (Lipinski definition) is 4. The molecule has 0 radical (unpaired) electrons. The molecule has 0 unspecified atom stereocenters. The van der Waals surface area contributed by atoms with Crippen molar-refractivity contribution in [1.29, 1.82) is 5.26 Å². The van der Waals surface area contributed by atoms with Gasteiger partial charge in [0.25, 0.3) is 0 Å². The third-order valence-electron chi connectivity index (χ3n) is 6.91. The van der Waals surface area contributed by atoms with Gasteiger partial charge in [-0.25, -0.2) is 9.07 Å². The maximum Gasteiger partial charge on any atom is 0.193 e. The van der Waals surface area contributed by atoms with Gasteiger partial charge in [0.15, 0.2) is 5.96 Å². The predicted octanol–water partition coefficient (Wildman–Crippen LogP) is 4.25. The Bertz CT molecular complexity index is 1000. The minimum Gasteiger partial charge on any atom is -0.382 e. The molecule has 1 saturated heterocycles. The Hall–Kier alpha value is -2.35. The van der Waals surface area contributed by atoms with Gasteiger partial charge < -0.3 is 16.0 Å². The molecule has 1 aliphatic carbocycles. The molecule has 178 valence electrons. The van der Waals surface area contributed by atoms with Crippen LogP contribution in [0.5, 0.6) is 0 Å². The first kappa shape index (κ1) is 25.3. The van der Waals surface area contributed by atoms with Gasteiger partial charge in [0.2, 0.25) is 0 Å². The van der Waals surface area contributed by atoms with E-state index in [1.807, 2.05) is 7.05 Å². The summed E-state index contributed by atoms with van der Waals surface area (Å²) in [6.45, 7) is 2.91. The topological polar surface area (TPSA) is 95.3 Å². The summed E-state index contributed by atoms with van der Waals surface area (Å²) in [5.41, 5.74) is 8.32. The second-order valence-corrected chi connectivity index (χ2v) is 9.02. The van der Waals surface area contributed by atoms with Crippen molar-refractivity contribution in [3.63, 3.8) is 0 Å². The van der Waals surface area contributed by atoms with E-state index in [2.05, 4.69) is 26.4 Å². The normalized spacial score (nSPS) is 17.6. The second kappa shape index (κ2) is 11.2. The molecule has 33 heavy (non-hydrogen) atoms. The first-order valence-corrected chi connectivity index (χ1v) is 11.5. The minimum absolute atomic E-state index is 0. The zero-order chi connectivity index (χ0) is 22.6. The van der Waals surface area contributed by atoms with Gasteiger partial charge in [0, 0.05) is 26.7 Å². The molecule has 1 aromatic carbocycles. The molecule has 2 heterocycles. The molecule has 3 N–H and O–H groups in total. The zero-order valence-electron chi connectivity index (χ0n) is 19.2. The number of halogens is 2. The lowest BCUT2D eigenvalue weighted by Gasteiger charge is -2.33. The molecule has 2 aliphatic rings. The predicted molar refractivity (Wildman–Crippen MR) is 139 cm³/mol. The second-order valence-electron chi connectivity index (χ2n) is 9.02. The van der Waals surface area contributed by atoms with Crippen LogP contribution in [0.2, 0.25) is 0 Å². The van der Waals surface area contributed by atoms with Crippen molar-refractivity contribution in [1.82, 2.24) is 20.0 Å². The lowest BCUT2D eigenvalue weighted by Crippen LogP contribution is -2.42. The van der Waals surface area contributed by atoms with Crippen molar-refractivity contribution in [2.75, 3.05) is 32.4 Å². The molecule has 1 aromatic heterocycles. The van der Waals surface area contributed by atoms with Crippen LogP contribution in [0.4, 0.5) is 10.2 Å². The van der Waals surface area contributed by atoms with Crippen LogP contribution in [0, 0.1) is 22.6 Å². The number of nitriles is 1. The van der Waals surface area contributed by atoms with Gasteiger partial charge in [0.05, 0.1) is 11.4 Å². The van der Waals surface area contributed by atoms with E-state index in [1.165, 1.54) is 55.3 Å². The van der Waals surface area contributed by atoms with Crippen LogP contribution in [0.25, 0.3) is 5.69 Å². The van der Waals surface area contributed by atoms with Gasteiger partial charge in [0.1, 0.15) is 23.3 Å². The fourth-order valence-electron chi connectivity index (χ4n) is 5.17. The number of aryl methyl sites for hydroxylation is 1. The van der Waals surface area contributed by atoms with E-state index in [0.717, 1.165) is 32.0 Å². The SMILES string of the molecule is CN=C(NCCCc1nn(-c2ccc(F)cc2)c(N)c1C#N)N1CCC2(CCCCC2)C1.I. The molecular weight excluding hydrogens is 532 g/mol. The monoisotopic (exact) mass is 565 g/mol. The highest BCUT2D eigenvalue weighted by Gasteiger charge is 2.39. The summed E-state index contributed by atoms with van der Waals surface area (Å²) < 4.78 is 14.7. The van der Waals surface area contributed by atoms with Crippen LogP contribution in [-0.4, -0.2) is 47.3 Å². The molecule has 0 atom stereocenters. The summed E-state index contributed by atoms with van der Waals surface area (Å²) in [6, 6.07) is 8.08. The highest BCUT2D eigenvalue weighted by molar-refractivity contribution is 14.0. The number of benzene rings is 1. The van der Waals surface area contributed by atoms with Crippen molar-refractivity contribution >= 4 is 35.8 Å². The minimum atomic E-state index is -0.327. The van der Waals surface area contributed by atoms with Crippen LogP contribution < -0.4 is 11.1 Å². The average molecular weight is 565 g/mol. The van der Waals surface area contributed by atoms with E-state index in [9.17, 15) is 9.65 Å². The Labute approximate surface area is 212 Å². The number of guanidine groups is 1. The summed E-state index contributed by atoms with van der Waals surface area (Å²) in [6.07, 6.45) is 9.46. The molecule has 2 aromatic rings. The van der Waals surface area contributed by atoms with Crippen LogP contribution in [0.3, 0.4) is 0 Å². The molecule has 1 saturated carbocycles. The van der Waals surface area contributed by atoms with Gasteiger partial charge in [-0.3, -0.25) is 4.99 Å². The third kappa shape index (κ3) is 5.60. The highest BCUT2D eigenvalue weighted by Crippen LogP contribution is 2.43. The largest absolute Gasteiger partial charge is 0.382 e. The van der Waals surface area contributed by atoms with Crippen molar-refractivity contribution in [3.8, 4) is 11.8 Å². The number of nitrogen functional groups attached to an aromatic ring is 1. The third-order valence-corrected chi connectivity index (χ3v) is 6.91. The van der Waals surface area contributed by atoms with Crippen molar-refractivity contribution in [2.45, 2.75) is 51.4 Å². The Balaban J connectivity index is 0.00000306. The fraction of sp³-hybridized carbons (Fsp3) is 0.542. The first-order valence-electron chi connectivity index (χ1n) is 11.5. The standard InChI is InChI=1S/C24H32FN7.HI/c1-28-23(31-15-13-24(17-31)11-3-2-4-12-24)29-14-5-6-21-20(16-26)22(27)32(30-21)19-9-7-18(25)8-10-19;/h7-10H,2-6,11-15,17,27H2,1H3,(H,28,29);1H. The Morgan fingerprint density at radius 3 is 2.64 bits per heavy atom. The molecule has 0 amide bonds. The lowest BCUT2D eigenvalue weighted by molar-refractivity contribution is 0.203. The van der Waals surface area contributed by atoms with Crippen molar-refractivity contribution < 1.29 is 4.39 Å². The summed E-state index contributed by atoms with van der Waals surface area (Å²) >= 11 is 0. The van der Waals surface area contributed by atoms with Gasteiger partial charge in [-0.1, -0.05) is 19.3 Å². The molecule has 0 bridgehead atoms. The van der Waals surface area contributed by atoms with E-state index in [-0.39, 0.29) is 35.6 Å². The van der Waals surface area contributed by atoms with Crippen LogP contribution >= 0.6 is 24.0 Å². The average Bonchev–Trinajstić information content (AvgIpc) is 3.35. The summed E-state index contributed by atoms with van der Waals surface area (Å²) in [5.74, 6) is 0.920. The number of rotatable bonds is 5. The Morgan fingerprint density at radius 2 is 1.97 bits per heavy atom. The lowest BCUT2D eigenvalue weighted by atomic mass is 9.73. The van der Waals surface area contributed by atoms with E-state index in [1.54, 1.807) is 12.1 Å². The summed E-state index contributed by atoms with van der Waals surface area (Å²) in [7, 11) is 1.84. The molecule has 4 rings (SSSR count). The number of nitrogens with one attached hydrogen (secondary N) is 1. The van der Waals surface area contributed by atoms with Crippen LogP contribution in [0.1, 0.15) is 56.2 Å². The fourth-order valence-corrected chi connectivity index (χ4v) is 5.17. The number of aromatic nitrogens is 2. The van der Waals surface area contributed by atoms with Crippen molar-refractivity contribution in [2.24, 2.45) is 10.4 Å². The highest BCUT2D eigenvalue weighted by atomic mass is 127. The molecular formula is C24H33FIN7. The maximum absolute atomic E-state index is 13.2. The number of nitrogens with two attached hydrogens (primary N) is 1. The van der Waals surface area contributed by atoms with Gasteiger partial charge in [-0.05, 0) is 61.8 Å². The maximum atomic E-state index is 13.2. The van der Waals surface area contributed by atoms with E-state index < -0.39 is 0 Å². The van der Waals surface area contributed by atoms with Gasteiger partial charge >= 0.3 is 0 Å². The Morgan fingerprint density at radius 1 is 1.24 bits per heavy atom. The van der Waals surface area contributed by atoms with Gasteiger partial charge in [-0.2, -0.15) is 10.4 Å². The summed E-state index contributed by atoms with van der Waals surface area (Å²) in [4.78, 5) is 6.90.